The normalized spacial score (nSPS) is 12.3. The van der Waals surface area contributed by atoms with Crippen molar-refractivity contribution in [3.8, 4) is 0 Å². The number of carbonyl (C=O) groups excluding carboxylic acids is 1. The lowest BCUT2D eigenvalue weighted by Crippen LogP contribution is -2.34. The van der Waals surface area contributed by atoms with Crippen molar-refractivity contribution >= 4 is 6.29 Å². The molecular formula is C14H20N2O3. The van der Waals surface area contributed by atoms with Crippen molar-refractivity contribution in [1.82, 2.24) is 4.90 Å². The number of carbonyl (C=O) groups is 1. The third kappa shape index (κ3) is 6.10. The highest BCUT2D eigenvalue weighted by Gasteiger charge is 2.14. The Morgan fingerprint density at radius 2 is 2.05 bits per heavy atom. The minimum absolute atomic E-state index is 0.00932. The van der Waals surface area contributed by atoms with Gasteiger partial charge in [-0.05, 0) is 18.9 Å². The van der Waals surface area contributed by atoms with Gasteiger partial charge in [-0.3, -0.25) is 15.0 Å². The van der Waals surface area contributed by atoms with E-state index >= 15 is 0 Å². The number of rotatable bonds is 9. The Morgan fingerprint density at radius 1 is 1.37 bits per heavy atom. The molecule has 0 radical (unpaired) electrons. The Labute approximate surface area is 113 Å². The summed E-state index contributed by atoms with van der Waals surface area (Å²) in [4.78, 5) is 22.8. The fraction of sp³-hybridized carbons (Fsp3) is 0.500. The van der Waals surface area contributed by atoms with E-state index in [0.29, 0.717) is 19.5 Å². The van der Waals surface area contributed by atoms with E-state index in [1.165, 1.54) is 0 Å². The molecule has 1 atom stereocenters. The molecule has 5 heteroatoms. The van der Waals surface area contributed by atoms with E-state index < -0.39 is 0 Å². The molecule has 1 aromatic carbocycles. The molecule has 0 amide bonds. The monoisotopic (exact) mass is 264 g/mol. The maximum atomic E-state index is 10.7. The average Bonchev–Trinajstić information content (AvgIpc) is 2.39. The van der Waals surface area contributed by atoms with Crippen LogP contribution in [0.4, 0.5) is 0 Å². The van der Waals surface area contributed by atoms with Crippen LogP contribution in [0, 0.1) is 10.1 Å². The first-order valence-corrected chi connectivity index (χ1v) is 6.47. The Balaban J connectivity index is 2.51. The summed E-state index contributed by atoms with van der Waals surface area (Å²) in [5, 5.41) is 10.3. The molecular weight excluding hydrogens is 244 g/mol. The standard InChI is InChI=1S/C14H20N2O3/c1-13(6-5-9-16(18)19)15(10-11-17)12-14-7-3-2-4-8-14/h2-4,7-8,11,13H,5-6,9-10,12H2,1H3. The highest BCUT2D eigenvalue weighted by atomic mass is 16.6. The van der Waals surface area contributed by atoms with E-state index in [9.17, 15) is 14.9 Å². The van der Waals surface area contributed by atoms with Crippen molar-refractivity contribution in [1.29, 1.82) is 0 Å². The molecule has 19 heavy (non-hydrogen) atoms. The van der Waals surface area contributed by atoms with Gasteiger partial charge in [0.15, 0.2) is 0 Å². The second kappa shape index (κ2) is 8.37. The zero-order valence-corrected chi connectivity index (χ0v) is 11.2. The number of nitro groups is 1. The van der Waals surface area contributed by atoms with Gasteiger partial charge in [-0.2, -0.15) is 0 Å². The van der Waals surface area contributed by atoms with E-state index in [0.717, 1.165) is 18.3 Å². The van der Waals surface area contributed by atoms with E-state index in [-0.39, 0.29) is 17.5 Å². The van der Waals surface area contributed by atoms with Gasteiger partial charge in [0.1, 0.15) is 6.29 Å². The molecule has 0 bridgehead atoms. The largest absolute Gasteiger partial charge is 0.302 e. The molecule has 1 unspecified atom stereocenters. The van der Waals surface area contributed by atoms with Crippen molar-refractivity contribution in [3.63, 3.8) is 0 Å². The lowest BCUT2D eigenvalue weighted by Gasteiger charge is -2.27. The lowest BCUT2D eigenvalue weighted by molar-refractivity contribution is -0.480. The third-order valence-electron chi connectivity index (χ3n) is 3.12. The highest BCUT2D eigenvalue weighted by Crippen LogP contribution is 2.11. The van der Waals surface area contributed by atoms with Crippen LogP contribution in [0.25, 0.3) is 0 Å². The minimum Gasteiger partial charge on any atom is -0.302 e. The maximum absolute atomic E-state index is 10.7. The molecule has 1 aromatic rings. The van der Waals surface area contributed by atoms with Crippen LogP contribution in [-0.4, -0.2) is 35.2 Å². The van der Waals surface area contributed by atoms with Crippen molar-refractivity contribution in [3.05, 3.63) is 46.0 Å². The summed E-state index contributed by atoms with van der Waals surface area (Å²) in [6.07, 6.45) is 2.15. The number of nitrogens with zero attached hydrogens (tertiary/aromatic N) is 2. The first kappa shape index (κ1) is 15.3. The Bertz CT molecular complexity index is 395. The topological polar surface area (TPSA) is 63.5 Å². The summed E-state index contributed by atoms with van der Waals surface area (Å²) in [7, 11) is 0. The SMILES string of the molecule is CC(CCC[N+](=O)[O-])N(CC=O)Cc1ccccc1. The summed E-state index contributed by atoms with van der Waals surface area (Å²) in [5.41, 5.74) is 1.14. The fourth-order valence-corrected chi connectivity index (χ4v) is 2.01. The summed E-state index contributed by atoms with van der Waals surface area (Å²) < 4.78 is 0. The van der Waals surface area contributed by atoms with Gasteiger partial charge in [-0.15, -0.1) is 0 Å². The van der Waals surface area contributed by atoms with Crippen LogP contribution in [0.2, 0.25) is 0 Å². The molecule has 0 aliphatic heterocycles. The minimum atomic E-state index is -0.298. The van der Waals surface area contributed by atoms with Crippen molar-refractivity contribution in [2.24, 2.45) is 0 Å². The summed E-state index contributed by atoms with van der Waals surface area (Å²) in [6, 6.07) is 10.1. The number of hydrogen-bond acceptors (Lipinski definition) is 4. The summed E-state index contributed by atoms with van der Waals surface area (Å²) in [6.45, 7) is 3.05. The van der Waals surface area contributed by atoms with Gasteiger partial charge >= 0.3 is 0 Å². The molecule has 1 rings (SSSR count). The lowest BCUT2D eigenvalue weighted by atomic mass is 10.1. The Hall–Kier alpha value is -1.75. The molecule has 0 spiro atoms. The van der Waals surface area contributed by atoms with E-state index in [1.807, 2.05) is 42.2 Å². The quantitative estimate of drug-likeness (QED) is 0.389. The molecule has 0 aliphatic rings. The van der Waals surface area contributed by atoms with Crippen LogP contribution in [0.1, 0.15) is 25.3 Å². The van der Waals surface area contributed by atoms with Crippen LogP contribution in [0.5, 0.6) is 0 Å². The van der Waals surface area contributed by atoms with Gasteiger partial charge in [-0.25, -0.2) is 0 Å². The molecule has 0 fully saturated rings. The predicted molar refractivity (Wildman–Crippen MR) is 73.5 cm³/mol. The number of aldehydes is 1. The van der Waals surface area contributed by atoms with Gasteiger partial charge in [0.05, 0.1) is 6.54 Å². The summed E-state index contributed by atoms with van der Waals surface area (Å²) in [5.74, 6) is 0. The third-order valence-corrected chi connectivity index (χ3v) is 3.12. The maximum Gasteiger partial charge on any atom is 0.203 e. The van der Waals surface area contributed by atoms with E-state index in [2.05, 4.69) is 0 Å². The molecule has 0 aliphatic carbocycles. The second-order valence-electron chi connectivity index (χ2n) is 4.63. The number of hydrogen-bond donors (Lipinski definition) is 0. The van der Waals surface area contributed by atoms with Crippen LogP contribution >= 0.6 is 0 Å². The van der Waals surface area contributed by atoms with E-state index in [1.54, 1.807) is 0 Å². The average molecular weight is 264 g/mol. The van der Waals surface area contributed by atoms with Crippen LogP contribution in [0.3, 0.4) is 0 Å². The zero-order chi connectivity index (χ0) is 14.1. The van der Waals surface area contributed by atoms with Gasteiger partial charge in [0.25, 0.3) is 0 Å². The first-order chi connectivity index (χ1) is 9.13. The first-order valence-electron chi connectivity index (χ1n) is 6.47. The zero-order valence-electron chi connectivity index (χ0n) is 11.2. The van der Waals surface area contributed by atoms with Gasteiger partial charge in [0.2, 0.25) is 6.54 Å². The summed E-state index contributed by atoms with van der Waals surface area (Å²) >= 11 is 0. The van der Waals surface area contributed by atoms with Crippen molar-refractivity contribution < 1.29 is 9.72 Å². The Morgan fingerprint density at radius 3 is 2.63 bits per heavy atom. The van der Waals surface area contributed by atoms with Crippen LogP contribution in [-0.2, 0) is 11.3 Å². The Kier molecular flexibility index (Phi) is 6.74. The van der Waals surface area contributed by atoms with Crippen LogP contribution < -0.4 is 0 Å². The number of benzene rings is 1. The van der Waals surface area contributed by atoms with Gasteiger partial charge < -0.3 is 4.79 Å². The van der Waals surface area contributed by atoms with Gasteiger partial charge in [0, 0.05) is 23.9 Å². The molecule has 0 N–H and O–H groups in total. The fourth-order valence-electron chi connectivity index (χ4n) is 2.01. The second-order valence-corrected chi connectivity index (χ2v) is 4.63. The van der Waals surface area contributed by atoms with E-state index in [4.69, 9.17) is 0 Å². The molecule has 0 saturated heterocycles. The van der Waals surface area contributed by atoms with Crippen molar-refractivity contribution in [2.75, 3.05) is 13.1 Å². The molecule has 0 heterocycles. The molecule has 0 aromatic heterocycles. The van der Waals surface area contributed by atoms with Gasteiger partial charge in [-0.1, -0.05) is 30.3 Å². The highest BCUT2D eigenvalue weighted by molar-refractivity contribution is 5.52. The molecule has 0 saturated carbocycles. The molecule has 104 valence electrons. The predicted octanol–water partition coefficient (Wildman–Crippen LogP) is 2.13. The molecule has 5 nitrogen and oxygen atoms in total. The smallest absolute Gasteiger partial charge is 0.203 e. The van der Waals surface area contributed by atoms with Crippen LogP contribution in [0.15, 0.2) is 30.3 Å². The van der Waals surface area contributed by atoms with Crippen molar-refractivity contribution in [2.45, 2.75) is 32.4 Å².